The average Bonchev–Trinajstić information content (AvgIpc) is 2.07. The molecule has 0 saturated carbocycles. The van der Waals surface area contributed by atoms with E-state index in [9.17, 15) is 8.42 Å². The Morgan fingerprint density at radius 2 is 1.86 bits per heavy atom. The third kappa shape index (κ3) is 2.84. The molecule has 0 aliphatic rings. The molecule has 0 aliphatic heterocycles. The number of hydrogen-bond acceptors (Lipinski definition) is 2. The highest BCUT2D eigenvalue weighted by molar-refractivity contribution is 7.91. The smallest absolute Gasteiger partial charge is 0.150 e. The molecule has 1 unspecified atom stereocenters. The second-order valence-electron chi connectivity index (χ2n) is 3.77. The lowest BCUT2D eigenvalue weighted by molar-refractivity contribution is 0.588. The summed E-state index contributed by atoms with van der Waals surface area (Å²) >= 11 is 0. The first kappa shape index (κ1) is 11.2. The maximum atomic E-state index is 11.2. The molecule has 1 aromatic carbocycles. The van der Waals surface area contributed by atoms with Crippen LogP contribution in [0.25, 0.3) is 0 Å². The Bertz CT molecular complexity index is 407. The van der Waals surface area contributed by atoms with E-state index in [2.05, 4.69) is 0 Å². The summed E-state index contributed by atoms with van der Waals surface area (Å²) in [7, 11) is -2.92. The number of hydrogen-bond donors (Lipinski definition) is 0. The first-order valence-corrected chi connectivity index (χ1v) is 6.60. The van der Waals surface area contributed by atoms with Crippen LogP contribution < -0.4 is 0 Å². The minimum absolute atomic E-state index is 0.302. The predicted octanol–water partition coefficient (Wildman–Crippen LogP) is 1.97. The van der Waals surface area contributed by atoms with E-state index in [1.807, 2.05) is 31.2 Å². The summed E-state index contributed by atoms with van der Waals surface area (Å²) in [6.45, 7) is 3.76. The van der Waals surface area contributed by atoms with Crippen molar-refractivity contribution in [2.75, 3.05) is 6.26 Å². The van der Waals surface area contributed by atoms with Gasteiger partial charge in [-0.1, -0.05) is 24.3 Å². The summed E-state index contributed by atoms with van der Waals surface area (Å²) in [5, 5.41) is -0.302. The van der Waals surface area contributed by atoms with Crippen LogP contribution in [0.5, 0.6) is 0 Å². The van der Waals surface area contributed by atoms with Gasteiger partial charge in [0.1, 0.15) is 9.84 Å². The topological polar surface area (TPSA) is 34.1 Å². The molecule has 0 heterocycles. The molecule has 14 heavy (non-hydrogen) atoms. The lowest BCUT2D eigenvalue weighted by atomic mass is 10.0. The van der Waals surface area contributed by atoms with E-state index in [-0.39, 0.29) is 5.25 Å². The van der Waals surface area contributed by atoms with Crippen molar-refractivity contribution in [3.63, 3.8) is 0 Å². The minimum Gasteiger partial charge on any atom is -0.229 e. The number of benzene rings is 1. The van der Waals surface area contributed by atoms with E-state index < -0.39 is 9.84 Å². The highest BCUT2D eigenvalue weighted by atomic mass is 32.2. The van der Waals surface area contributed by atoms with Gasteiger partial charge in [-0.3, -0.25) is 0 Å². The van der Waals surface area contributed by atoms with Gasteiger partial charge in [0.25, 0.3) is 0 Å². The van der Waals surface area contributed by atoms with Crippen molar-refractivity contribution < 1.29 is 8.42 Å². The Kier molecular flexibility index (Phi) is 3.32. The van der Waals surface area contributed by atoms with Crippen LogP contribution in [0.15, 0.2) is 24.3 Å². The summed E-state index contributed by atoms with van der Waals surface area (Å²) in [5.41, 5.74) is 2.27. The Morgan fingerprint density at radius 3 is 2.36 bits per heavy atom. The molecule has 0 spiro atoms. The second kappa shape index (κ2) is 4.13. The molecule has 0 radical (unpaired) electrons. The zero-order chi connectivity index (χ0) is 10.8. The number of aryl methyl sites for hydroxylation is 1. The maximum absolute atomic E-state index is 11.2. The molecule has 1 atom stereocenters. The molecule has 0 aliphatic carbocycles. The van der Waals surface area contributed by atoms with E-state index in [0.717, 1.165) is 11.1 Å². The molecular formula is C11H16O2S. The third-order valence-corrected chi connectivity index (χ3v) is 4.13. The van der Waals surface area contributed by atoms with Gasteiger partial charge in [-0.2, -0.15) is 0 Å². The Labute approximate surface area is 85.9 Å². The van der Waals surface area contributed by atoms with Crippen LogP contribution in [0, 0.1) is 6.92 Å². The molecule has 0 bridgehead atoms. The highest BCUT2D eigenvalue weighted by Gasteiger charge is 2.15. The molecule has 0 amide bonds. The predicted molar refractivity (Wildman–Crippen MR) is 59.2 cm³/mol. The van der Waals surface area contributed by atoms with Gasteiger partial charge in [-0.25, -0.2) is 8.42 Å². The van der Waals surface area contributed by atoms with Gasteiger partial charge >= 0.3 is 0 Å². The van der Waals surface area contributed by atoms with E-state index >= 15 is 0 Å². The molecule has 1 aromatic rings. The fraction of sp³-hybridized carbons (Fsp3) is 0.455. The molecule has 0 fully saturated rings. The van der Waals surface area contributed by atoms with E-state index in [1.165, 1.54) is 6.26 Å². The molecule has 0 saturated heterocycles. The first-order valence-electron chi connectivity index (χ1n) is 4.64. The molecule has 0 N–H and O–H groups in total. The highest BCUT2D eigenvalue weighted by Crippen LogP contribution is 2.12. The largest absolute Gasteiger partial charge is 0.229 e. The standard InChI is InChI=1S/C11H16O2S/c1-9-6-4-5-7-11(9)8-10(2)14(3,12)13/h4-7,10H,8H2,1-3H3. The van der Waals surface area contributed by atoms with Gasteiger partial charge in [-0.05, 0) is 31.4 Å². The van der Waals surface area contributed by atoms with E-state index in [0.29, 0.717) is 6.42 Å². The van der Waals surface area contributed by atoms with Gasteiger partial charge in [0.2, 0.25) is 0 Å². The zero-order valence-corrected chi connectivity index (χ0v) is 9.64. The van der Waals surface area contributed by atoms with Crippen LogP contribution in [0.4, 0.5) is 0 Å². The van der Waals surface area contributed by atoms with Crippen LogP contribution in [0.3, 0.4) is 0 Å². The van der Waals surface area contributed by atoms with Crippen LogP contribution in [-0.2, 0) is 16.3 Å². The Balaban J connectivity index is 2.85. The summed E-state index contributed by atoms with van der Waals surface area (Å²) in [5.74, 6) is 0. The van der Waals surface area contributed by atoms with Gasteiger partial charge in [-0.15, -0.1) is 0 Å². The number of sulfone groups is 1. The lowest BCUT2D eigenvalue weighted by Crippen LogP contribution is -2.18. The van der Waals surface area contributed by atoms with Crippen molar-refractivity contribution in [1.29, 1.82) is 0 Å². The van der Waals surface area contributed by atoms with Gasteiger partial charge in [0.15, 0.2) is 0 Å². The monoisotopic (exact) mass is 212 g/mol. The van der Waals surface area contributed by atoms with Crippen molar-refractivity contribution in [2.24, 2.45) is 0 Å². The zero-order valence-electron chi connectivity index (χ0n) is 8.82. The van der Waals surface area contributed by atoms with Crippen molar-refractivity contribution in [3.8, 4) is 0 Å². The van der Waals surface area contributed by atoms with Crippen LogP contribution >= 0.6 is 0 Å². The van der Waals surface area contributed by atoms with Crippen molar-refractivity contribution in [1.82, 2.24) is 0 Å². The summed E-state index contributed by atoms with van der Waals surface area (Å²) in [4.78, 5) is 0. The molecule has 2 nitrogen and oxygen atoms in total. The SMILES string of the molecule is Cc1ccccc1CC(C)S(C)(=O)=O. The first-order chi connectivity index (χ1) is 6.41. The van der Waals surface area contributed by atoms with E-state index in [1.54, 1.807) is 6.92 Å². The third-order valence-electron chi connectivity index (χ3n) is 2.50. The molecule has 78 valence electrons. The minimum atomic E-state index is -2.92. The van der Waals surface area contributed by atoms with Gasteiger partial charge in [0.05, 0.1) is 5.25 Å². The summed E-state index contributed by atoms with van der Waals surface area (Å²) in [6.07, 6.45) is 1.89. The molecule has 3 heteroatoms. The Morgan fingerprint density at radius 1 is 1.29 bits per heavy atom. The van der Waals surface area contributed by atoms with Crippen LogP contribution in [-0.4, -0.2) is 19.9 Å². The summed E-state index contributed by atoms with van der Waals surface area (Å²) < 4.78 is 22.5. The molecule has 0 aromatic heterocycles. The molecular weight excluding hydrogens is 196 g/mol. The van der Waals surface area contributed by atoms with Gasteiger partial charge in [0, 0.05) is 6.26 Å². The average molecular weight is 212 g/mol. The van der Waals surface area contributed by atoms with Crippen molar-refractivity contribution >= 4 is 9.84 Å². The fourth-order valence-electron chi connectivity index (χ4n) is 1.30. The quantitative estimate of drug-likeness (QED) is 0.767. The lowest BCUT2D eigenvalue weighted by Gasteiger charge is -2.10. The normalized spacial score (nSPS) is 13.9. The Hall–Kier alpha value is -0.830. The molecule has 1 rings (SSSR count). The van der Waals surface area contributed by atoms with Crippen LogP contribution in [0.2, 0.25) is 0 Å². The van der Waals surface area contributed by atoms with Crippen LogP contribution in [0.1, 0.15) is 18.1 Å². The van der Waals surface area contributed by atoms with E-state index in [4.69, 9.17) is 0 Å². The number of rotatable bonds is 3. The maximum Gasteiger partial charge on any atom is 0.150 e. The fourth-order valence-corrected chi connectivity index (χ4v) is 1.78. The second-order valence-corrected chi connectivity index (χ2v) is 6.23. The summed E-state index contributed by atoms with van der Waals surface area (Å²) in [6, 6.07) is 7.89. The van der Waals surface area contributed by atoms with Crippen molar-refractivity contribution in [3.05, 3.63) is 35.4 Å². The van der Waals surface area contributed by atoms with Crippen molar-refractivity contribution in [2.45, 2.75) is 25.5 Å². The van der Waals surface area contributed by atoms with Gasteiger partial charge < -0.3 is 0 Å².